The summed E-state index contributed by atoms with van der Waals surface area (Å²) < 4.78 is 5.56. The summed E-state index contributed by atoms with van der Waals surface area (Å²) in [7, 11) is 0. The van der Waals surface area contributed by atoms with Crippen molar-refractivity contribution in [3.8, 4) is 0 Å². The van der Waals surface area contributed by atoms with Crippen molar-refractivity contribution in [2.45, 2.75) is 37.2 Å². The largest absolute Gasteiger partial charge is 0.376 e. The van der Waals surface area contributed by atoms with Gasteiger partial charge in [0, 0.05) is 23.6 Å². The number of ether oxygens (including phenoxy) is 1. The monoisotopic (exact) mass is 307 g/mol. The minimum absolute atomic E-state index is 0.167. The molecule has 3 rings (SSSR count). The minimum atomic E-state index is 0.167. The molecule has 1 heterocycles. The van der Waals surface area contributed by atoms with Gasteiger partial charge in [-0.25, -0.2) is 0 Å². The molecule has 2 fully saturated rings. The van der Waals surface area contributed by atoms with Crippen molar-refractivity contribution in [2.24, 2.45) is 10.7 Å². The van der Waals surface area contributed by atoms with Gasteiger partial charge in [-0.3, -0.25) is 4.99 Å². The second-order valence-electron chi connectivity index (χ2n) is 6.00. The number of aliphatic imine (C=N–C) groups is 1. The first-order valence-corrected chi connectivity index (χ1v) is 7.97. The highest BCUT2D eigenvalue weighted by atomic mass is 35.5. The lowest BCUT2D eigenvalue weighted by Crippen LogP contribution is -2.37. The molecule has 0 bridgehead atoms. The summed E-state index contributed by atoms with van der Waals surface area (Å²) in [5, 5.41) is 3.94. The van der Waals surface area contributed by atoms with E-state index in [1.165, 1.54) is 5.56 Å². The van der Waals surface area contributed by atoms with Crippen LogP contribution in [0, 0.1) is 0 Å². The Morgan fingerprint density at radius 2 is 2.14 bits per heavy atom. The molecule has 1 unspecified atom stereocenters. The SMILES string of the molecule is NC(=NCC1(c2ccc(Cl)cc2)CC1)NCC1CCCO1. The average molecular weight is 308 g/mol. The number of nitrogens with two attached hydrogens (primary N) is 1. The van der Waals surface area contributed by atoms with Crippen LogP contribution in [-0.4, -0.2) is 31.8 Å². The Morgan fingerprint density at radius 3 is 2.76 bits per heavy atom. The van der Waals surface area contributed by atoms with Gasteiger partial charge >= 0.3 is 0 Å². The zero-order valence-corrected chi connectivity index (χ0v) is 12.9. The maximum absolute atomic E-state index is 5.95. The Hall–Kier alpha value is -1.26. The van der Waals surface area contributed by atoms with E-state index in [0.29, 0.717) is 5.96 Å². The van der Waals surface area contributed by atoms with Crippen LogP contribution in [0.3, 0.4) is 0 Å². The van der Waals surface area contributed by atoms with Gasteiger partial charge in [-0.15, -0.1) is 0 Å². The second-order valence-corrected chi connectivity index (χ2v) is 6.44. The summed E-state index contributed by atoms with van der Waals surface area (Å²) in [6.45, 7) is 2.35. The molecule has 21 heavy (non-hydrogen) atoms. The Labute approximate surface area is 130 Å². The molecule has 1 aliphatic carbocycles. The summed E-state index contributed by atoms with van der Waals surface area (Å²) in [5.74, 6) is 0.519. The van der Waals surface area contributed by atoms with Crippen LogP contribution in [0.5, 0.6) is 0 Å². The molecule has 4 nitrogen and oxygen atoms in total. The number of nitrogens with zero attached hydrogens (tertiary/aromatic N) is 1. The summed E-state index contributed by atoms with van der Waals surface area (Å²) in [6, 6.07) is 8.08. The van der Waals surface area contributed by atoms with E-state index >= 15 is 0 Å². The van der Waals surface area contributed by atoms with E-state index in [1.807, 2.05) is 12.1 Å². The minimum Gasteiger partial charge on any atom is -0.376 e. The highest BCUT2D eigenvalue weighted by Crippen LogP contribution is 2.48. The Balaban J connectivity index is 1.53. The van der Waals surface area contributed by atoms with E-state index in [1.54, 1.807) is 0 Å². The third-order valence-corrected chi connectivity index (χ3v) is 4.65. The van der Waals surface area contributed by atoms with Crippen LogP contribution in [0.15, 0.2) is 29.3 Å². The lowest BCUT2D eigenvalue weighted by atomic mass is 9.96. The van der Waals surface area contributed by atoms with E-state index < -0.39 is 0 Å². The van der Waals surface area contributed by atoms with Gasteiger partial charge in [0.25, 0.3) is 0 Å². The molecule has 0 radical (unpaired) electrons. The first-order chi connectivity index (χ1) is 10.2. The summed E-state index contributed by atoms with van der Waals surface area (Å²) in [6.07, 6.45) is 4.86. The molecule has 114 valence electrons. The molecule has 1 aliphatic heterocycles. The van der Waals surface area contributed by atoms with E-state index in [2.05, 4.69) is 22.4 Å². The van der Waals surface area contributed by atoms with E-state index in [9.17, 15) is 0 Å². The molecule has 0 amide bonds. The topological polar surface area (TPSA) is 59.6 Å². The van der Waals surface area contributed by atoms with Crippen LogP contribution in [0.2, 0.25) is 5.02 Å². The summed E-state index contributed by atoms with van der Waals surface area (Å²) in [4.78, 5) is 4.51. The van der Waals surface area contributed by atoms with Crippen molar-refractivity contribution in [3.63, 3.8) is 0 Å². The molecular formula is C16H22ClN3O. The first-order valence-electron chi connectivity index (χ1n) is 7.59. The molecular weight excluding hydrogens is 286 g/mol. The van der Waals surface area contributed by atoms with Crippen LogP contribution < -0.4 is 11.1 Å². The number of guanidine groups is 1. The molecule has 2 aliphatic rings. The molecule has 1 saturated heterocycles. The van der Waals surface area contributed by atoms with Gasteiger partial charge in [0.2, 0.25) is 0 Å². The van der Waals surface area contributed by atoms with Gasteiger partial charge in [-0.05, 0) is 43.4 Å². The highest BCUT2D eigenvalue weighted by Gasteiger charge is 2.44. The van der Waals surface area contributed by atoms with Crippen molar-refractivity contribution in [1.29, 1.82) is 0 Å². The molecule has 3 N–H and O–H groups in total. The number of benzene rings is 1. The van der Waals surface area contributed by atoms with E-state index in [4.69, 9.17) is 22.1 Å². The zero-order valence-electron chi connectivity index (χ0n) is 12.1. The fourth-order valence-electron chi connectivity index (χ4n) is 2.81. The Kier molecular flexibility index (Phi) is 4.36. The molecule has 0 aromatic heterocycles. The molecule has 0 spiro atoms. The molecule has 1 aromatic carbocycles. The van der Waals surface area contributed by atoms with Crippen molar-refractivity contribution in [2.75, 3.05) is 19.7 Å². The quantitative estimate of drug-likeness (QED) is 0.649. The second kappa shape index (κ2) is 6.24. The summed E-state index contributed by atoms with van der Waals surface area (Å²) >= 11 is 5.94. The summed E-state index contributed by atoms with van der Waals surface area (Å²) in [5.41, 5.74) is 7.43. The van der Waals surface area contributed by atoms with Gasteiger partial charge in [0.1, 0.15) is 0 Å². The van der Waals surface area contributed by atoms with Crippen molar-refractivity contribution < 1.29 is 4.74 Å². The number of hydrogen-bond donors (Lipinski definition) is 2. The van der Waals surface area contributed by atoms with Crippen LogP contribution in [0.25, 0.3) is 0 Å². The highest BCUT2D eigenvalue weighted by molar-refractivity contribution is 6.30. The van der Waals surface area contributed by atoms with Crippen LogP contribution in [-0.2, 0) is 10.2 Å². The van der Waals surface area contributed by atoms with Gasteiger partial charge in [0.05, 0.1) is 12.6 Å². The smallest absolute Gasteiger partial charge is 0.188 e. The first kappa shape index (κ1) is 14.7. The zero-order chi connectivity index (χ0) is 14.7. The lowest BCUT2D eigenvalue weighted by molar-refractivity contribution is 0.114. The van der Waals surface area contributed by atoms with Gasteiger partial charge in [-0.1, -0.05) is 23.7 Å². The van der Waals surface area contributed by atoms with Crippen LogP contribution in [0.4, 0.5) is 0 Å². The van der Waals surface area contributed by atoms with Crippen molar-refractivity contribution in [1.82, 2.24) is 5.32 Å². The Morgan fingerprint density at radius 1 is 1.38 bits per heavy atom. The lowest BCUT2D eigenvalue weighted by Gasteiger charge is -2.15. The maximum Gasteiger partial charge on any atom is 0.188 e. The standard InChI is InChI=1S/C16H22ClN3O/c17-13-5-3-12(4-6-13)16(7-8-16)11-20-15(18)19-10-14-2-1-9-21-14/h3-6,14H,1-2,7-11H2,(H3,18,19,20). The van der Waals surface area contributed by atoms with Crippen molar-refractivity contribution in [3.05, 3.63) is 34.9 Å². The normalized spacial score (nSPS) is 24.0. The van der Waals surface area contributed by atoms with E-state index in [0.717, 1.165) is 50.4 Å². The third-order valence-electron chi connectivity index (χ3n) is 4.40. The number of rotatable bonds is 5. The fourth-order valence-corrected chi connectivity index (χ4v) is 2.93. The van der Waals surface area contributed by atoms with Crippen LogP contribution >= 0.6 is 11.6 Å². The molecule has 1 aromatic rings. The maximum atomic E-state index is 5.95. The Bertz CT molecular complexity index is 505. The van der Waals surface area contributed by atoms with Gasteiger partial charge in [0.15, 0.2) is 5.96 Å². The number of halogens is 1. The average Bonchev–Trinajstić information content (AvgIpc) is 3.10. The fraction of sp³-hybridized carbons (Fsp3) is 0.562. The van der Waals surface area contributed by atoms with E-state index in [-0.39, 0.29) is 11.5 Å². The third kappa shape index (κ3) is 3.69. The predicted molar refractivity (Wildman–Crippen MR) is 85.8 cm³/mol. The van der Waals surface area contributed by atoms with Crippen molar-refractivity contribution >= 4 is 17.6 Å². The van der Waals surface area contributed by atoms with Gasteiger partial charge < -0.3 is 15.8 Å². The molecule has 1 saturated carbocycles. The molecule has 1 atom stereocenters. The number of hydrogen-bond acceptors (Lipinski definition) is 2. The molecule has 5 heteroatoms. The van der Waals surface area contributed by atoms with Crippen LogP contribution in [0.1, 0.15) is 31.2 Å². The predicted octanol–water partition coefficient (Wildman–Crippen LogP) is 2.45. The number of nitrogens with one attached hydrogen (secondary N) is 1. The van der Waals surface area contributed by atoms with Gasteiger partial charge in [-0.2, -0.15) is 0 Å².